The molecule has 0 aliphatic carbocycles. The van der Waals surface area contributed by atoms with Crippen molar-refractivity contribution in [2.45, 2.75) is 69.2 Å². The highest BCUT2D eigenvalue weighted by Crippen LogP contribution is 2.41. The number of hydrogen-bond acceptors (Lipinski definition) is 8. The molecule has 2 bridgehead atoms. The third kappa shape index (κ3) is 5.13. The van der Waals surface area contributed by atoms with Crippen molar-refractivity contribution in [2.75, 3.05) is 37.7 Å². The predicted molar refractivity (Wildman–Crippen MR) is 173 cm³/mol. The van der Waals surface area contributed by atoms with Gasteiger partial charge in [-0.1, -0.05) is 25.1 Å². The van der Waals surface area contributed by atoms with Gasteiger partial charge in [-0.2, -0.15) is 9.97 Å². The molecule has 4 aliphatic rings. The molecule has 44 heavy (non-hydrogen) atoms. The number of halogens is 4. The lowest BCUT2D eigenvalue weighted by Gasteiger charge is -2.34. The summed E-state index contributed by atoms with van der Waals surface area (Å²) in [7, 11) is 0. The van der Waals surface area contributed by atoms with Gasteiger partial charge < -0.3 is 15.0 Å². The molecular weight excluding hydrogens is 607 g/mol. The number of nitrogens with one attached hydrogen (secondary N) is 1. The first kappa shape index (κ1) is 31.1. The number of fused-ring (bicyclic) bond motifs is 5. The average Bonchev–Trinajstić information content (AvgIpc) is 3.65. The Bertz CT molecular complexity index is 1680. The van der Waals surface area contributed by atoms with E-state index in [-0.39, 0.29) is 54.2 Å². The monoisotopic (exact) mass is 643 g/mol. The first-order chi connectivity index (χ1) is 20.5. The molecule has 1 N–H and O–H groups in total. The van der Waals surface area contributed by atoms with Gasteiger partial charge in [-0.15, -0.1) is 24.8 Å². The van der Waals surface area contributed by atoms with Crippen molar-refractivity contribution >= 4 is 52.3 Å². The Morgan fingerprint density at radius 1 is 1.07 bits per heavy atom. The summed E-state index contributed by atoms with van der Waals surface area (Å²) in [4.78, 5) is 23.0. The van der Waals surface area contributed by atoms with E-state index in [4.69, 9.17) is 9.72 Å². The Kier molecular flexibility index (Phi) is 8.56. The molecule has 4 aromatic rings. The maximum Gasteiger partial charge on any atom is 0.319 e. The van der Waals surface area contributed by atoms with Crippen molar-refractivity contribution in [1.29, 1.82) is 0 Å². The van der Waals surface area contributed by atoms with Crippen LogP contribution in [0.5, 0.6) is 6.01 Å². The molecule has 12 heteroatoms. The zero-order valence-corrected chi connectivity index (χ0v) is 26.3. The highest BCUT2D eigenvalue weighted by atomic mass is 35.5. The van der Waals surface area contributed by atoms with Gasteiger partial charge in [0.15, 0.2) is 5.82 Å². The molecule has 7 heterocycles. The van der Waals surface area contributed by atoms with Crippen molar-refractivity contribution in [3.8, 4) is 17.3 Å². The van der Waals surface area contributed by atoms with Crippen LogP contribution in [0.3, 0.4) is 0 Å². The summed E-state index contributed by atoms with van der Waals surface area (Å²) in [6.45, 7) is 5.25. The second-order valence-electron chi connectivity index (χ2n) is 12.5. The fourth-order valence-corrected chi connectivity index (χ4v) is 7.92. The maximum absolute atomic E-state index is 16.7. The quantitative estimate of drug-likeness (QED) is 0.288. The molecule has 0 saturated carbocycles. The zero-order chi connectivity index (χ0) is 28.4. The number of nitrogens with zero attached hydrogens (tertiary/aromatic N) is 6. The molecule has 1 aromatic carbocycles. The van der Waals surface area contributed by atoms with Gasteiger partial charge in [0, 0.05) is 67.7 Å². The van der Waals surface area contributed by atoms with Crippen molar-refractivity contribution in [1.82, 2.24) is 30.2 Å². The summed E-state index contributed by atoms with van der Waals surface area (Å²) in [6, 6.07) is 6.93. The molecule has 0 spiro atoms. The summed E-state index contributed by atoms with van der Waals surface area (Å²) < 4.78 is 37.4. The molecule has 3 aromatic heterocycles. The van der Waals surface area contributed by atoms with Gasteiger partial charge in [0.25, 0.3) is 0 Å². The number of alkyl halides is 1. The molecule has 0 amide bonds. The second-order valence-corrected chi connectivity index (χ2v) is 12.5. The van der Waals surface area contributed by atoms with Gasteiger partial charge in [-0.3, -0.25) is 14.9 Å². The van der Waals surface area contributed by atoms with Crippen LogP contribution in [0.15, 0.2) is 36.8 Å². The molecule has 234 valence electrons. The average molecular weight is 645 g/mol. The fraction of sp³-hybridized carbons (Fsp3) is 0.500. The normalized spacial score (nSPS) is 26.1. The molecule has 8 rings (SSSR count). The Balaban J connectivity index is 0.00000171. The molecule has 8 nitrogen and oxygen atoms in total. The minimum absolute atomic E-state index is 0. The molecule has 4 atom stereocenters. The Hall–Kier alpha value is -2.92. The third-order valence-electron chi connectivity index (χ3n) is 9.90. The number of piperazine rings is 1. The van der Waals surface area contributed by atoms with E-state index >= 15 is 4.39 Å². The highest BCUT2D eigenvalue weighted by Gasteiger charge is 2.49. The lowest BCUT2D eigenvalue weighted by Crippen LogP contribution is -2.51. The van der Waals surface area contributed by atoms with Gasteiger partial charge in [-0.25, -0.2) is 8.78 Å². The van der Waals surface area contributed by atoms with E-state index in [0.717, 1.165) is 68.1 Å². The fourth-order valence-electron chi connectivity index (χ4n) is 7.92. The largest absolute Gasteiger partial charge is 0.461 e. The van der Waals surface area contributed by atoms with E-state index in [1.807, 2.05) is 12.1 Å². The SMILES string of the molecule is CCc1cccc2cncc(-c3ncc4c(N5CC6CCC(C5)N6)nc(OCC56CCCN5CC(F)C6)nc4c3F)c12.Cl.Cl. The number of aromatic nitrogens is 4. The Labute approximate surface area is 267 Å². The molecule has 0 radical (unpaired) electrons. The van der Waals surface area contributed by atoms with Crippen LogP contribution in [0.25, 0.3) is 32.9 Å². The van der Waals surface area contributed by atoms with E-state index in [1.54, 1.807) is 18.6 Å². The number of anilines is 1. The summed E-state index contributed by atoms with van der Waals surface area (Å²) in [5, 5.41) is 6.12. The van der Waals surface area contributed by atoms with E-state index in [9.17, 15) is 4.39 Å². The number of hydrogen-bond donors (Lipinski definition) is 1. The zero-order valence-electron chi connectivity index (χ0n) is 24.6. The highest BCUT2D eigenvalue weighted by molar-refractivity contribution is 6.00. The van der Waals surface area contributed by atoms with Gasteiger partial charge in [0.1, 0.15) is 29.8 Å². The van der Waals surface area contributed by atoms with Crippen LogP contribution < -0.4 is 15.0 Å². The molecule has 4 unspecified atom stereocenters. The van der Waals surface area contributed by atoms with Crippen LogP contribution in [-0.2, 0) is 6.42 Å². The van der Waals surface area contributed by atoms with Crippen LogP contribution >= 0.6 is 24.8 Å². The number of rotatable bonds is 6. The third-order valence-corrected chi connectivity index (χ3v) is 9.90. The van der Waals surface area contributed by atoms with Crippen molar-refractivity contribution in [3.05, 3.63) is 48.2 Å². The molecule has 4 saturated heterocycles. The van der Waals surface area contributed by atoms with Crippen LogP contribution in [0.1, 0.15) is 44.6 Å². The second kappa shape index (κ2) is 12.1. The van der Waals surface area contributed by atoms with Gasteiger partial charge in [0.05, 0.1) is 10.9 Å². The number of pyridine rings is 2. The van der Waals surface area contributed by atoms with E-state index in [1.165, 1.54) is 0 Å². The maximum atomic E-state index is 16.7. The van der Waals surface area contributed by atoms with Gasteiger partial charge in [-0.05, 0) is 49.6 Å². The smallest absolute Gasteiger partial charge is 0.319 e. The van der Waals surface area contributed by atoms with E-state index in [0.29, 0.717) is 41.8 Å². The number of benzene rings is 1. The summed E-state index contributed by atoms with van der Waals surface area (Å²) >= 11 is 0. The molecule has 4 fully saturated rings. The van der Waals surface area contributed by atoms with Crippen LogP contribution in [0.4, 0.5) is 14.6 Å². The first-order valence-corrected chi connectivity index (χ1v) is 15.3. The van der Waals surface area contributed by atoms with Crippen LogP contribution in [0, 0.1) is 5.82 Å². The summed E-state index contributed by atoms with van der Waals surface area (Å²) in [5.41, 5.74) is 1.81. The van der Waals surface area contributed by atoms with Crippen LogP contribution in [-0.4, -0.2) is 81.4 Å². The Morgan fingerprint density at radius 3 is 2.68 bits per heavy atom. The van der Waals surface area contributed by atoms with E-state index < -0.39 is 12.0 Å². The van der Waals surface area contributed by atoms with Crippen molar-refractivity contribution in [3.63, 3.8) is 0 Å². The first-order valence-electron chi connectivity index (χ1n) is 15.3. The topological polar surface area (TPSA) is 79.3 Å². The lowest BCUT2D eigenvalue weighted by molar-refractivity contribution is 0.107. The van der Waals surface area contributed by atoms with Crippen LogP contribution in [0.2, 0.25) is 0 Å². The van der Waals surface area contributed by atoms with Crippen molar-refractivity contribution in [2.24, 2.45) is 0 Å². The summed E-state index contributed by atoms with van der Waals surface area (Å²) in [5.74, 6) is 0.136. The van der Waals surface area contributed by atoms with E-state index in [2.05, 4.69) is 43.1 Å². The number of aryl methyl sites for hydroxylation is 1. The van der Waals surface area contributed by atoms with Gasteiger partial charge in [0.2, 0.25) is 0 Å². The number of ether oxygens (including phenoxy) is 1. The standard InChI is InChI=1S/C32H35F2N7O.2ClH/c1-2-19-5-3-6-20-12-35-13-24(26(19)20)28-27(34)29-25(14-36-28)30(40-16-22-7-8-23(17-40)37-22)39-31(38-29)42-18-32-9-4-10-41(32)15-21(33)11-32;;/h3,5-6,12-14,21-23,37H,2,4,7-11,15-18H2,1H3;2*1H. The summed E-state index contributed by atoms with van der Waals surface area (Å²) in [6.07, 6.45) is 9.71. The molecular formula is C32H37Cl2F2N7O. The minimum atomic E-state index is -0.855. The minimum Gasteiger partial charge on any atom is -0.461 e. The van der Waals surface area contributed by atoms with Crippen molar-refractivity contribution < 1.29 is 13.5 Å². The predicted octanol–water partition coefficient (Wildman–Crippen LogP) is 5.68. The van der Waals surface area contributed by atoms with Gasteiger partial charge >= 0.3 is 6.01 Å². The molecule has 4 aliphatic heterocycles. The lowest BCUT2D eigenvalue weighted by atomic mass is 9.95. The Morgan fingerprint density at radius 2 is 1.89 bits per heavy atom.